The van der Waals surface area contributed by atoms with Crippen LogP contribution in [0.15, 0.2) is 41.5 Å². The van der Waals surface area contributed by atoms with E-state index in [4.69, 9.17) is 11.6 Å². The molecule has 0 aliphatic heterocycles. The second kappa shape index (κ2) is 10.7. The molecule has 1 aromatic heterocycles. The number of rotatable bonds is 8. The van der Waals surface area contributed by atoms with E-state index >= 15 is 0 Å². The second-order valence-corrected chi connectivity index (χ2v) is 6.53. The van der Waals surface area contributed by atoms with Gasteiger partial charge in [0, 0.05) is 44.0 Å². The Morgan fingerprint density at radius 3 is 2.71 bits per heavy atom. The van der Waals surface area contributed by atoms with Crippen LogP contribution in [0.1, 0.15) is 18.1 Å². The first-order chi connectivity index (χ1) is 13.4. The maximum atomic E-state index is 12.6. The van der Waals surface area contributed by atoms with Crippen LogP contribution in [0.25, 0.3) is 0 Å². The molecular formula is C19H24ClF2N5O. The summed E-state index contributed by atoms with van der Waals surface area (Å²) in [5, 5.41) is 6.68. The first-order valence-corrected chi connectivity index (χ1v) is 9.14. The number of hydrogen-bond donors (Lipinski definition) is 2. The van der Waals surface area contributed by atoms with Gasteiger partial charge in [0.05, 0.1) is 6.54 Å². The van der Waals surface area contributed by atoms with Crippen LogP contribution in [0.2, 0.25) is 5.02 Å². The molecule has 0 amide bonds. The van der Waals surface area contributed by atoms with Crippen LogP contribution in [0.3, 0.4) is 0 Å². The van der Waals surface area contributed by atoms with Crippen molar-refractivity contribution < 1.29 is 13.5 Å². The molecule has 0 bridgehead atoms. The van der Waals surface area contributed by atoms with E-state index in [-0.39, 0.29) is 12.3 Å². The Bertz CT molecular complexity index is 802. The van der Waals surface area contributed by atoms with Gasteiger partial charge < -0.3 is 20.3 Å². The number of nitrogens with one attached hydrogen (secondary N) is 2. The molecule has 2 rings (SSSR count). The molecule has 1 heterocycles. The number of anilines is 1. The Balaban J connectivity index is 2.10. The van der Waals surface area contributed by atoms with Crippen molar-refractivity contribution in [3.05, 3.63) is 52.7 Å². The fraction of sp³-hybridized carbons (Fsp3) is 0.368. The summed E-state index contributed by atoms with van der Waals surface area (Å²) >= 11 is 5.98. The number of aliphatic imine (C=N–C) groups is 1. The van der Waals surface area contributed by atoms with Crippen LogP contribution in [0.5, 0.6) is 5.75 Å². The Morgan fingerprint density at radius 2 is 2.04 bits per heavy atom. The van der Waals surface area contributed by atoms with E-state index in [0.29, 0.717) is 29.6 Å². The van der Waals surface area contributed by atoms with Crippen LogP contribution < -0.4 is 20.3 Å². The Kier molecular flexibility index (Phi) is 8.25. The van der Waals surface area contributed by atoms with Gasteiger partial charge in [0.15, 0.2) is 5.96 Å². The number of guanidine groups is 1. The summed E-state index contributed by atoms with van der Waals surface area (Å²) in [6.45, 7) is 0.362. The third-order valence-corrected chi connectivity index (χ3v) is 3.95. The van der Waals surface area contributed by atoms with E-state index in [1.807, 2.05) is 38.1 Å². The zero-order valence-corrected chi connectivity index (χ0v) is 16.8. The molecule has 2 N–H and O–H groups in total. The zero-order chi connectivity index (χ0) is 20.5. The summed E-state index contributed by atoms with van der Waals surface area (Å²) in [4.78, 5) is 10.7. The molecule has 1 aromatic carbocycles. The van der Waals surface area contributed by atoms with Crippen molar-refractivity contribution in [2.45, 2.75) is 26.6 Å². The molecule has 0 aliphatic carbocycles. The van der Waals surface area contributed by atoms with E-state index in [9.17, 15) is 8.78 Å². The lowest BCUT2D eigenvalue weighted by molar-refractivity contribution is -0.0504. The fourth-order valence-electron chi connectivity index (χ4n) is 2.39. The molecule has 0 aliphatic rings. The Hall–Kier alpha value is -2.61. The molecular weight excluding hydrogens is 388 g/mol. The predicted octanol–water partition coefficient (Wildman–Crippen LogP) is 3.66. The highest BCUT2D eigenvalue weighted by molar-refractivity contribution is 6.30. The number of pyridine rings is 1. The highest BCUT2D eigenvalue weighted by Gasteiger charge is 2.11. The Labute approximate surface area is 168 Å². The largest absolute Gasteiger partial charge is 0.434 e. The molecule has 0 spiro atoms. The molecule has 0 fully saturated rings. The molecule has 6 nitrogen and oxygen atoms in total. The van der Waals surface area contributed by atoms with E-state index in [2.05, 4.69) is 25.3 Å². The van der Waals surface area contributed by atoms with Crippen LogP contribution in [-0.4, -0.2) is 38.2 Å². The highest BCUT2D eigenvalue weighted by Crippen LogP contribution is 2.24. The number of benzene rings is 1. The maximum absolute atomic E-state index is 12.6. The third kappa shape index (κ3) is 6.84. The van der Waals surface area contributed by atoms with Crippen molar-refractivity contribution in [1.29, 1.82) is 0 Å². The van der Waals surface area contributed by atoms with Crippen molar-refractivity contribution in [2.75, 3.05) is 25.5 Å². The molecule has 9 heteroatoms. The number of halogens is 3. The minimum absolute atomic E-state index is 0.0764. The first-order valence-electron chi connectivity index (χ1n) is 8.76. The number of ether oxygens (including phenoxy) is 1. The molecule has 28 heavy (non-hydrogen) atoms. The van der Waals surface area contributed by atoms with Crippen LogP contribution in [0.4, 0.5) is 14.6 Å². The molecule has 0 saturated heterocycles. The second-order valence-electron chi connectivity index (χ2n) is 6.10. The quantitative estimate of drug-likeness (QED) is 0.512. The molecule has 0 atom stereocenters. The summed E-state index contributed by atoms with van der Waals surface area (Å²) < 4.78 is 29.8. The lowest BCUT2D eigenvalue weighted by Crippen LogP contribution is -2.36. The third-order valence-electron chi connectivity index (χ3n) is 3.72. The zero-order valence-electron chi connectivity index (χ0n) is 16.0. The van der Waals surface area contributed by atoms with Crippen molar-refractivity contribution >= 4 is 23.4 Å². The summed E-state index contributed by atoms with van der Waals surface area (Å²) in [6, 6.07) is 8.37. The van der Waals surface area contributed by atoms with Gasteiger partial charge in [0.25, 0.3) is 0 Å². The molecule has 152 valence electrons. The number of nitrogens with zero attached hydrogens (tertiary/aromatic N) is 3. The average Bonchev–Trinajstić information content (AvgIpc) is 2.65. The number of aromatic nitrogens is 1. The summed E-state index contributed by atoms with van der Waals surface area (Å²) in [7, 11) is 3.84. The summed E-state index contributed by atoms with van der Waals surface area (Å²) in [5.41, 5.74) is 1.51. The summed E-state index contributed by atoms with van der Waals surface area (Å²) in [6.07, 6.45) is 1.74. The van der Waals surface area contributed by atoms with Gasteiger partial charge >= 0.3 is 6.61 Å². The molecule has 0 saturated carbocycles. The normalized spacial score (nSPS) is 11.5. The van der Waals surface area contributed by atoms with Gasteiger partial charge in [-0.1, -0.05) is 11.6 Å². The minimum Gasteiger partial charge on any atom is -0.434 e. The maximum Gasteiger partial charge on any atom is 0.387 e. The predicted molar refractivity (Wildman–Crippen MR) is 108 cm³/mol. The molecule has 2 aromatic rings. The number of alkyl halides is 2. The van der Waals surface area contributed by atoms with E-state index in [0.717, 1.165) is 11.4 Å². The van der Waals surface area contributed by atoms with Gasteiger partial charge in [-0.15, -0.1) is 0 Å². The summed E-state index contributed by atoms with van der Waals surface area (Å²) in [5.74, 6) is 1.47. The Morgan fingerprint density at radius 1 is 1.25 bits per heavy atom. The standard InChI is InChI=1S/C19H24ClF2N5O/c1-4-23-19(25-11-13-7-8-24-17(9-13)27(2)3)26-12-14-10-15(20)5-6-16(14)28-18(21)22/h5-10,18H,4,11-12H2,1-3H3,(H2,23,25,26). The topological polar surface area (TPSA) is 61.8 Å². The average molecular weight is 412 g/mol. The van der Waals surface area contributed by atoms with Crippen molar-refractivity contribution in [1.82, 2.24) is 15.6 Å². The van der Waals surface area contributed by atoms with E-state index in [1.54, 1.807) is 12.3 Å². The highest BCUT2D eigenvalue weighted by atomic mass is 35.5. The number of hydrogen-bond acceptors (Lipinski definition) is 4. The van der Waals surface area contributed by atoms with Gasteiger partial charge in [0.1, 0.15) is 11.6 Å². The van der Waals surface area contributed by atoms with Gasteiger partial charge in [-0.25, -0.2) is 9.98 Å². The van der Waals surface area contributed by atoms with Crippen molar-refractivity contribution in [3.63, 3.8) is 0 Å². The van der Waals surface area contributed by atoms with Crippen molar-refractivity contribution in [3.8, 4) is 5.75 Å². The molecule has 0 radical (unpaired) electrons. The van der Waals surface area contributed by atoms with Gasteiger partial charge in [-0.05, 0) is 42.8 Å². The van der Waals surface area contributed by atoms with E-state index in [1.165, 1.54) is 12.1 Å². The monoisotopic (exact) mass is 411 g/mol. The van der Waals surface area contributed by atoms with Crippen LogP contribution >= 0.6 is 11.6 Å². The first kappa shape index (κ1) is 21.7. The minimum atomic E-state index is -2.90. The van der Waals surface area contributed by atoms with Gasteiger partial charge in [-0.3, -0.25) is 0 Å². The van der Waals surface area contributed by atoms with Crippen molar-refractivity contribution in [2.24, 2.45) is 4.99 Å². The van der Waals surface area contributed by atoms with Crippen LogP contribution in [-0.2, 0) is 13.1 Å². The van der Waals surface area contributed by atoms with Crippen LogP contribution in [0, 0.1) is 0 Å². The SMILES string of the molecule is CCNC(=NCc1ccnc(N(C)C)c1)NCc1cc(Cl)ccc1OC(F)F. The van der Waals surface area contributed by atoms with Gasteiger partial charge in [-0.2, -0.15) is 8.78 Å². The van der Waals surface area contributed by atoms with Gasteiger partial charge in [0.2, 0.25) is 0 Å². The lowest BCUT2D eigenvalue weighted by atomic mass is 10.2. The smallest absolute Gasteiger partial charge is 0.387 e. The lowest BCUT2D eigenvalue weighted by Gasteiger charge is -2.15. The van der Waals surface area contributed by atoms with E-state index < -0.39 is 6.61 Å². The fourth-order valence-corrected chi connectivity index (χ4v) is 2.59. The molecule has 0 unspecified atom stereocenters.